The quantitative estimate of drug-likeness (QED) is 0.521. The van der Waals surface area contributed by atoms with E-state index in [0.29, 0.717) is 23.4 Å². The summed E-state index contributed by atoms with van der Waals surface area (Å²) in [5.41, 5.74) is 0.624. The van der Waals surface area contributed by atoms with E-state index in [1.54, 1.807) is 31.2 Å². The maximum Gasteiger partial charge on any atom is 0.336 e. The van der Waals surface area contributed by atoms with Crippen LogP contribution in [0.1, 0.15) is 31.7 Å². The summed E-state index contributed by atoms with van der Waals surface area (Å²) in [6, 6.07) is 8.93. The van der Waals surface area contributed by atoms with Crippen molar-refractivity contribution < 1.29 is 9.53 Å². The normalized spacial score (nSPS) is 20.8. The minimum atomic E-state index is -1.34. The standard InChI is InChI=1S/C15H14Cl4O2/c1-14(17,10-6-3-2-4-7-10)13(20)21-12-11(16)8-5-9-15(12,18)19/h2-4,6-7H,5,8-9H2,1H3/t14-/m0/s1. The fourth-order valence-electron chi connectivity index (χ4n) is 2.08. The molecule has 0 aliphatic heterocycles. The highest BCUT2D eigenvalue weighted by Gasteiger charge is 2.42. The topological polar surface area (TPSA) is 26.3 Å². The number of carbonyl (C=O) groups excluding carboxylic acids is 1. The van der Waals surface area contributed by atoms with Crippen molar-refractivity contribution in [2.75, 3.05) is 0 Å². The van der Waals surface area contributed by atoms with Crippen LogP contribution in [0.4, 0.5) is 0 Å². The summed E-state index contributed by atoms with van der Waals surface area (Å²) in [5.74, 6) is -0.567. The molecule has 0 radical (unpaired) electrons. The number of ether oxygens (including phenoxy) is 1. The lowest BCUT2D eigenvalue weighted by molar-refractivity contribution is -0.143. The Balaban J connectivity index is 2.25. The third-order valence-electron chi connectivity index (χ3n) is 3.36. The second-order valence-corrected chi connectivity index (χ2v) is 7.75. The van der Waals surface area contributed by atoms with Crippen molar-refractivity contribution in [3.63, 3.8) is 0 Å². The highest BCUT2D eigenvalue weighted by Crippen LogP contribution is 2.45. The first-order chi connectivity index (χ1) is 9.75. The molecule has 0 aromatic heterocycles. The van der Waals surface area contributed by atoms with Gasteiger partial charge in [-0.1, -0.05) is 65.1 Å². The molecular formula is C15H14Cl4O2. The number of benzene rings is 1. The van der Waals surface area contributed by atoms with Gasteiger partial charge in [-0.2, -0.15) is 0 Å². The average Bonchev–Trinajstić information content (AvgIpc) is 2.43. The van der Waals surface area contributed by atoms with E-state index in [9.17, 15) is 4.79 Å². The molecule has 0 heterocycles. The lowest BCUT2D eigenvalue weighted by Gasteiger charge is -2.30. The third-order valence-corrected chi connectivity index (χ3v) is 4.81. The lowest BCUT2D eigenvalue weighted by atomic mass is 10.00. The van der Waals surface area contributed by atoms with E-state index in [0.717, 1.165) is 6.42 Å². The number of carbonyl (C=O) groups is 1. The molecule has 0 unspecified atom stereocenters. The van der Waals surface area contributed by atoms with Crippen LogP contribution in [0.15, 0.2) is 41.1 Å². The molecule has 0 saturated carbocycles. The smallest absolute Gasteiger partial charge is 0.336 e. The summed E-state index contributed by atoms with van der Waals surface area (Å²) >= 11 is 24.8. The molecule has 1 aromatic carbocycles. The zero-order valence-electron chi connectivity index (χ0n) is 11.3. The second kappa shape index (κ2) is 6.37. The molecule has 0 fully saturated rings. The van der Waals surface area contributed by atoms with Crippen LogP contribution in [0, 0.1) is 0 Å². The van der Waals surface area contributed by atoms with Gasteiger partial charge in [0.25, 0.3) is 0 Å². The van der Waals surface area contributed by atoms with Gasteiger partial charge >= 0.3 is 5.97 Å². The van der Waals surface area contributed by atoms with E-state index in [1.807, 2.05) is 6.07 Å². The Bertz CT molecular complexity index is 564. The summed E-state index contributed by atoms with van der Waals surface area (Å²) in [6.45, 7) is 1.56. The van der Waals surface area contributed by atoms with E-state index in [4.69, 9.17) is 51.1 Å². The van der Waals surface area contributed by atoms with Gasteiger partial charge in [-0.05, 0) is 31.7 Å². The number of allylic oxidation sites excluding steroid dienone is 2. The number of esters is 1. The van der Waals surface area contributed by atoms with Crippen LogP contribution in [0.25, 0.3) is 0 Å². The molecule has 0 bridgehead atoms. The van der Waals surface area contributed by atoms with Gasteiger partial charge in [-0.15, -0.1) is 11.6 Å². The van der Waals surface area contributed by atoms with Crippen molar-refractivity contribution in [1.82, 2.24) is 0 Å². The van der Waals surface area contributed by atoms with E-state index in [1.165, 1.54) is 0 Å². The first-order valence-electron chi connectivity index (χ1n) is 6.49. The molecule has 1 aromatic rings. The molecule has 114 valence electrons. The molecule has 2 nitrogen and oxygen atoms in total. The Hall–Kier alpha value is -0.410. The van der Waals surface area contributed by atoms with Gasteiger partial charge in [-0.25, -0.2) is 4.79 Å². The zero-order chi connectivity index (χ0) is 15.7. The van der Waals surface area contributed by atoms with Crippen LogP contribution in [0.2, 0.25) is 0 Å². The number of hydrogen-bond acceptors (Lipinski definition) is 2. The van der Waals surface area contributed by atoms with Crippen molar-refractivity contribution in [2.24, 2.45) is 0 Å². The van der Waals surface area contributed by atoms with Crippen LogP contribution >= 0.6 is 46.4 Å². The molecule has 6 heteroatoms. The minimum Gasteiger partial charge on any atom is -0.425 e. The van der Waals surface area contributed by atoms with Crippen LogP contribution in [-0.4, -0.2) is 10.3 Å². The summed E-state index contributed by atoms with van der Waals surface area (Å²) < 4.78 is 4.05. The van der Waals surface area contributed by atoms with Crippen molar-refractivity contribution in [1.29, 1.82) is 0 Å². The van der Waals surface area contributed by atoms with Gasteiger partial charge in [-0.3, -0.25) is 0 Å². The monoisotopic (exact) mass is 366 g/mol. The van der Waals surface area contributed by atoms with Crippen molar-refractivity contribution in [2.45, 2.75) is 35.4 Å². The molecule has 0 amide bonds. The minimum absolute atomic E-state index is 0.0894. The zero-order valence-corrected chi connectivity index (χ0v) is 14.4. The summed E-state index contributed by atoms with van der Waals surface area (Å²) in [6.07, 6.45) is 1.79. The van der Waals surface area contributed by atoms with Gasteiger partial charge in [0.1, 0.15) is 0 Å². The summed E-state index contributed by atoms with van der Waals surface area (Å²) in [7, 11) is 0. The van der Waals surface area contributed by atoms with E-state index < -0.39 is 15.2 Å². The number of alkyl halides is 3. The first-order valence-corrected chi connectivity index (χ1v) is 8.00. The largest absolute Gasteiger partial charge is 0.425 e. The van der Waals surface area contributed by atoms with Crippen LogP contribution in [0.3, 0.4) is 0 Å². The predicted octanol–water partition coefficient (Wildman–Crippen LogP) is 5.49. The molecule has 21 heavy (non-hydrogen) atoms. The van der Waals surface area contributed by atoms with Crippen LogP contribution in [-0.2, 0) is 14.4 Å². The Labute approximate surface area is 144 Å². The average molecular weight is 368 g/mol. The molecule has 0 spiro atoms. The Kier molecular flexibility index (Phi) is 5.15. The molecule has 0 N–H and O–H groups in total. The predicted molar refractivity (Wildman–Crippen MR) is 86.9 cm³/mol. The van der Waals surface area contributed by atoms with Gasteiger partial charge in [0, 0.05) is 0 Å². The summed E-state index contributed by atoms with van der Waals surface area (Å²) in [5, 5.41) is 0.361. The Morgan fingerprint density at radius 2 is 1.90 bits per heavy atom. The Morgan fingerprint density at radius 3 is 2.48 bits per heavy atom. The van der Waals surface area contributed by atoms with Crippen molar-refractivity contribution in [3.8, 4) is 0 Å². The van der Waals surface area contributed by atoms with Gasteiger partial charge < -0.3 is 4.74 Å². The third kappa shape index (κ3) is 3.68. The highest BCUT2D eigenvalue weighted by atomic mass is 35.5. The Morgan fingerprint density at radius 1 is 1.29 bits per heavy atom. The van der Waals surface area contributed by atoms with Crippen molar-refractivity contribution in [3.05, 3.63) is 46.7 Å². The maximum atomic E-state index is 12.4. The molecule has 1 aliphatic carbocycles. The lowest BCUT2D eigenvalue weighted by Crippen LogP contribution is -2.33. The maximum absolute atomic E-state index is 12.4. The van der Waals surface area contributed by atoms with E-state index >= 15 is 0 Å². The number of halogens is 4. The summed E-state index contributed by atoms with van der Waals surface area (Å²) in [4.78, 5) is 11.1. The van der Waals surface area contributed by atoms with Gasteiger partial charge in [0.2, 0.25) is 0 Å². The molecule has 1 aliphatic rings. The molecule has 2 rings (SSSR count). The molecule has 0 saturated heterocycles. The number of hydrogen-bond donors (Lipinski definition) is 0. The second-order valence-electron chi connectivity index (χ2n) is 5.05. The number of rotatable bonds is 3. The molecular weight excluding hydrogens is 354 g/mol. The van der Waals surface area contributed by atoms with Crippen molar-refractivity contribution >= 4 is 52.4 Å². The molecule has 1 atom stereocenters. The fraction of sp³-hybridized carbons (Fsp3) is 0.400. The van der Waals surface area contributed by atoms with E-state index in [2.05, 4.69) is 0 Å². The van der Waals surface area contributed by atoms with Gasteiger partial charge in [0.05, 0.1) is 5.03 Å². The SMILES string of the molecule is C[C@@](Cl)(C(=O)OC1=C(Cl)CCCC1(Cl)Cl)c1ccccc1. The van der Waals surface area contributed by atoms with Gasteiger partial charge in [0.15, 0.2) is 15.0 Å². The van der Waals surface area contributed by atoms with E-state index in [-0.39, 0.29) is 5.76 Å². The fourth-order valence-corrected chi connectivity index (χ4v) is 3.25. The van der Waals surface area contributed by atoms with Crippen LogP contribution < -0.4 is 0 Å². The highest BCUT2D eigenvalue weighted by molar-refractivity contribution is 6.51. The van der Waals surface area contributed by atoms with Crippen LogP contribution in [0.5, 0.6) is 0 Å². The first kappa shape index (κ1) is 17.0.